The van der Waals surface area contributed by atoms with Crippen LogP contribution >= 0.6 is 11.6 Å². The van der Waals surface area contributed by atoms with Crippen LogP contribution in [0.2, 0.25) is 5.02 Å². The van der Waals surface area contributed by atoms with Crippen molar-refractivity contribution in [2.75, 3.05) is 7.05 Å². The number of hydrogen-bond donors (Lipinski definition) is 3. The number of amides is 1. The van der Waals surface area contributed by atoms with Gasteiger partial charge in [-0.25, -0.2) is 4.98 Å². The van der Waals surface area contributed by atoms with Crippen LogP contribution < -0.4 is 16.2 Å². The predicted molar refractivity (Wildman–Crippen MR) is 165 cm³/mol. The molecule has 0 aliphatic carbocycles. The second-order valence-corrected chi connectivity index (χ2v) is 11.2. The van der Waals surface area contributed by atoms with Crippen molar-refractivity contribution in [3.63, 3.8) is 0 Å². The molecule has 4 heterocycles. The van der Waals surface area contributed by atoms with Gasteiger partial charge in [0, 0.05) is 59.4 Å². The van der Waals surface area contributed by atoms with E-state index in [0.717, 1.165) is 10.9 Å². The molecule has 3 N–H and O–H groups in total. The van der Waals surface area contributed by atoms with E-state index in [1.165, 1.54) is 29.4 Å². The van der Waals surface area contributed by atoms with Gasteiger partial charge in [-0.05, 0) is 42.7 Å². The number of carbonyl (C=O) groups excluding carboxylic acids is 1. The van der Waals surface area contributed by atoms with E-state index in [1.54, 1.807) is 37.5 Å². The Morgan fingerprint density at radius 3 is 2.62 bits per heavy atom. The zero-order valence-corrected chi connectivity index (χ0v) is 25.2. The number of nitrogens with zero attached hydrogens (tertiary/aromatic N) is 5. The minimum atomic E-state index is -4.43. The van der Waals surface area contributed by atoms with E-state index < -0.39 is 18.8 Å². The lowest BCUT2D eigenvalue weighted by molar-refractivity contribution is -0.142. The van der Waals surface area contributed by atoms with E-state index in [-0.39, 0.29) is 23.1 Å². The van der Waals surface area contributed by atoms with Crippen LogP contribution in [0.15, 0.2) is 71.8 Å². The van der Waals surface area contributed by atoms with Crippen LogP contribution in [-0.4, -0.2) is 49.7 Å². The molecule has 0 fully saturated rings. The van der Waals surface area contributed by atoms with Gasteiger partial charge in [0.25, 0.3) is 5.56 Å². The number of hydrogen-bond acceptors (Lipinski definition) is 7. The van der Waals surface area contributed by atoms with E-state index in [9.17, 15) is 22.8 Å². The number of aromatic nitrogens is 5. The summed E-state index contributed by atoms with van der Waals surface area (Å²) in [6, 6.07) is 9.25. The Morgan fingerprint density at radius 2 is 1.91 bits per heavy atom. The Labute approximate surface area is 261 Å². The van der Waals surface area contributed by atoms with Crippen LogP contribution in [0.4, 0.5) is 13.2 Å². The molecule has 2 bridgehead atoms. The molecule has 14 heteroatoms. The molecule has 1 aliphatic rings. The standard InChI is InChI=1S/C31H30ClF3N8O2/c1-18-4-3-5-27(25-10-19(8-9-38-25)29(37-2)26(13-36)41-30(18)45)43-17-39-24(12-28(43)44)23-11-21(32)6-7-22(23)20-14-40-42(15-20)16-31(33,34)35/h6-15,17-18,27,36-37H,3-5,16H2,1-2H3,(H,41,45)/b29-26+,36-13?. The quantitative estimate of drug-likeness (QED) is 0.241. The number of allylic oxidation sites excluding steroid dienone is 1. The van der Waals surface area contributed by atoms with Crippen molar-refractivity contribution >= 4 is 29.4 Å². The molecule has 5 rings (SSSR count). The fourth-order valence-electron chi connectivity index (χ4n) is 5.37. The highest BCUT2D eigenvalue weighted by molar-refractivity contribution is 6.31. The molecule has 2 atom stereocenters. The monoisotopic (exact) mass is 638 g/mol. The van der Waals surface area contributed by atoms with Gasteiger partial charge in [-0.2, -0.15) is 18.3 Å². The summed E-state index contributed by atoms with van der Waals surface area (Å²) < 4.78 is 41.1. The zero-order chi connectivity index (χ0) is 32.3. The number of alkyl halides is 3. The minimum absolute atomic E-state index is 0.211. The third kappa shape index (κ3) is 7.14. The van der Waals surface area contributed by atoms with Crippen molar-refractivity contribution in [3.8, 4) is 22.4 Å². The summed E-state index contributed by atoms with van der Waals surface area (Å²) in [4.78, 5) is 35.7. The number of fused-ring (bicyclic) bond motifs is 2. The second-order valence-electron chi connectivity index (χ2n) is 10.7. The van der Waals surface area contributed by atoms with E-state index in [1.807, 2.05) is 13.0 Å². The maximum Gasteiger partial charge on any atom is 0.408 e. The van der Waals surface area contributed by atoms with Gasteiger partial charge in [-0.15, -0.1) is 0 Å². The molecule has 0 radical (unpaired) electrons. The average molecular weight is 639 g/mol. The van der Waals surface area contributed by atoms with E-state index in [2.05, 4.69) is 25.7 Å². The van der Waals surface area contributed by atoms with Gasteiger partial charge in [0.15, 0.2) is 0 Å². The van der Waals surface area contributed by atoms with Gasteiger partial charge in [-0.1, -0.05) is 31.0 Å². The molecule has 3 aromatic heterocycles. The molecule has 1 aromatic carbocycles. The van der Waals surface area contributed by atoms with Crippen LogP contribution in [0.3, 0.4) is 0 Å². The van der Waals surface area contributed by atoms with Crippen molar-refractivity contribution < 1.29 is 18.0 Å². The van der Waals surface area contributed by atoms with Gasteiger partial charge in [0.1, 0.15) is 6.54 Å². The van der Waals surface area contributed by atoms with Gasteiger partial charge >= 0.3 is 6.18 Å². The summed E-state index contributed by atoms with van der Waals surface area (Å²) in [6.45, 7) is 0.574. The second kappa shape index (κ2) is 13.1. The van der Waals surface area contributed by atoms with Gasteiger partial charge in [0.2, 0.25) is 5.91 Å². The first kappa shape index (κ1) is 31.6. The first-order valence-corrected chi connectivity index (χ1v) is 14.5. The molecule has 0 saturated carbocycles. The zero-order valence-electron chi connectivity index (χ0n) is 24.4. The SMILES string of the molecule is CN/C1=C(\C=N)NC(=O)C(C)CCCC(n2cnc(-c3cc(Cl)ccc3-c3cnn(CC(F)(F)F)c3)cc2=O)c2cc1ccn2. The molecule has 234 valence electrons. The summed E-state index contributed by atoms with van der Waals surface area (Å²) in [5.41, 5.74) is 3.40. The lowest BCUT2D eigenvalue weighted by Crippen LogP contribution is -2.32. The summed E-state index contributed by atoms with van der Waals surface area (Å²) in [5, 5.41) is 18.0. The van der Waals surface area contributed by atoms with Crippen molar-refractivity contribution in [1.82, 2.24) is 34.9 Å². The molecule has 10 nitrogen and oxygen atoms in total. The Morgan fingerprint density at radius 1 is 1.11 bits per heavy atom. The summed E-state index contributed by atoms with van der Waals surface area (Å²) in [5.74, 6) is -0.555. The highest BCUT2D eigenvalue weighted by atomic mass is 35.5. The molecular weight excluding hydrogens is 609 g/mol. The van der Waals surface area contributed by atoms with E-state index in [4.69, 9.17) is 17.0 Å². The van der Waals surface area contributed by atoms with Crippen LogP contribution in [0, 0.1) is 11.3 Å². The highest BCUT2D eigenvalue weighted by Crippen LogP contribution is 2.34. The topological polar surface area (TPSA) is 131 Å². The average Bonchev–Trinajstić information content (AvgIpc) is 3.45. The van der Waals surface area contributed by atoms with E-state index in [0.29, 0.717) is 63.6 Å². The van der Waals surface area contributed by atoms with Crippen LogP contribution in [0.1, 0.15) is 43.5 Å². The van der Waals surface area contributed by atoms with Crippen LogP contribution in [0.5, 0.6) is 0 Å². The molecule has 0 saturated heterocycles. The van der Waals surface area contributed by atoms with Crippen molar-refractivity contribution in [2.45, 2.75) is 44.9 Å². The molecule has 1 aliphatic heterocycles. The van der Waals surface area contributed by atoms with Gasteiger partial charge < -0.3 is 16.0 Å². The number of benzene rings is 1. The Hall–Kier alpha value is -4.78. The normalized spacial score (nSPS) is 19.3. The molecule has 2 unspecified atom stereocenters. The van der Waals surface area contributed by atoms with Crippen LogP contribution in [0.25, 0.3) is 28.1 Å². The Kier molecular flexibility index (Phi) is 9.19. The summed E-state index contributed by atoms with van der Waals surface area (Å²) in [6.07, 6.45) is 3.91. The van der Waals surface area contributed by atoms with Crippen LogP contribution in [-0.2, 0) is 11.3 Å². The maximum atomic E-state index is 13.7. The third-order valence-electron chi connectivity index (χ3n) is 7.61. The minimum Gasteiger partial charge on any atom is -0.386 e. The molecular formula is C31H30ClF3N8O2. The predicted octanol–water partition coefficient (Wildman–Crippen LogP) is 5.45. The fraction of sp³-hybridized carbons (Fsp3) is 0.290. The lowest BCUT2D eigenvalue weighted by atomic mass is 9.96. The summed E-state index contributed by atoms with van der Waals surface area (Å²) >= 11 is 6.29. The largest absolute Gasteiger partial charge is 0.408 e. The van der Waals surface area contributed by atoms with Crippen molar-refractivity contribution in [1.29, 1.82) is 5.41 Å². The smallest absolute Gasteiger partial charge is 0.386 e. The number of carbonyl (C=O) groups is 1. The Balaban J connectivity index is 1.56. The van der Waals surface area contributed by atoms with Crippen molar-refractivity contribution in [2.24, 2.45) is 5.92 Å². The highest BCUT2D eigenvalue weighted by Gasteiger charge is 2.29. The maximum absolute atomic E-state index is 13.7. The van der Waals surface area contributed by atoms with E-state index >= 15 is 0 Å². The molecule has 1 amide bonds. The lowest BCUT2D eigenvalue weighted by Gasteiger charge is -2.23. The number of nitrogens with one attached hydrogen (secondary N) is 3. The van der Waals surface area contributed by atoms with Gasteiger partial charge in [-0.3, -0.25) is 23.8 Å². The van der Waals surface area contributed by atoms with Crippen molar-refractivity contribution in [3.05, 3.63) is 93.6 Å². The molecule has 0 spiro atoms. The number of pyridine rings is 1. The van der Waals surface area contributed by atoms with Gasteiger partial charge in [0.05, 0.1) is 41.3 Å². The number of rotatable bonds is 6. The Bertz CT molecular complexity index is 1830. The molecule has 4 aromatic rings. The third-order valence-corrected chi connectivity index (χ3v) is 7.84. The fourth-order valence-corrected chi connectivity index (χ4v) is 5.54. The number of halogens is 4. The summed E-state index contributed by atoms with van der Waals surface area (Å²) in [7, 11) is 1.69. The first-order valence-electron chi connectivity index (χ1n) is 14.1. The molecule has 45 heavy (non-hydrogen) atoms. The first-order chi connectivity index (χ1) is 21.5.